The third kappa shape index (κ3) is 3.55. The fourth-order valence-electron chi connectivity index (χ4n) is 2.61. The Morgan fingerprint density at radius 3 is 2.50 bits per heavy atom. The van der Waals surface area contributed by atoms with E-state index in [1.807, 2.05) is 0 Å². The van der Waals surface area contributed by atoms with Gasteiger partial charge >= 0.3 is 0 Å². The third-order valence-electron chi connectivity index (χ3n) is 3.67. The van der Waals surface area contributed by atoms with Crippen LogP contribution in [0.15, 0.2) is 36.4 Å². The molecular weight excluding hydrogens is 258 g/mol. The lowest BCUT2D eigenvalue weighted by atomic mass is 9.92. The number of methoxy groups -OCH3 is 1. The maximum absolute atomic E-state index is 5.87. The molecule has 1 saturated carbocycles. The molecule has 5 heteroatoms. The van der Waals surface area contributed by atoms with Crippen LogP contribution in [0.5, 0.6) is 0 Å². The number of nitrogens with two attached hydrogens (primary N) is 1. The Morgan fingerprint density at radius 1 is 1.30 bits per heavy atom. The molecule has 2 N–H and O–H groups in total. The zero-order valence-corrected chi connectivity index (χ0v) is 12.0. The van der Waals surface area contributed by atoms with Gasteiger partial charge in [-0.15, -0.1) is 0 Å². The summed E-state index contributed by atoms with van der Waals surface area (Å²) in [4.78, 5) is 0. The molecule has 0 amide bonds. The van der Waals surface area contributed by atoms with E-state index in [-0.39, 0.29) is 11.9 Å². The highest BCUT2D eigenvalue weighted by atomic mass is 16.7. The lowest BCUT2D eigenvalue weighted by Gasteiger charge is -2.35. The van der Waals surface area contributed by atoms with Crippen LogP contribution < -0.4 is 5.73 Å². The molecule has 1 aliphatic carbocycles. The number of allylic oxidation sites excluding steroid dienone is 2. The van der Waals surface area contributed by atoms with Gasteiger partial charge in [0.25, 0.3) is 0 Å². The predicted octanol–water partition coefficient (Wildman–Crippen LogP) is 2.21. The Hall–Kier alpha value is -1.46. The zero-order chi connectivity index (χ0) is 14.4. The van der Waals surface area contributed by atoms with Crippen molar-refractivity contribution in [1.82, 2.24) is 0 Å². The topological polar surface area (TPSA) is 62.9 Å². The van der Waals surface area contributed by atoms with Crippen LogP contribution in [0, 0.1) is 0 Å². The standard InChI is InChI=1S/C15H23NO4/c1-12(14(17-2)4-3-9-16)20-13-5-7-15(8-6-13)18-10-11-19-15/h3-4,9,13H,1,5-8,10-11,16H2,2H3/b9-3-,14-4+. The molecule has 0 bridgehead atoms. The first-order valence-electron chi connectivity index (χ1n) is 6.95. The summed E-state index contributed by atoms with van der Waals surface area (Å²) in [6.07, 6.45) is 8.48. The minimum atomic E-state index is -0.358. The normalized spacial score (nSPS) is 23.4. The van der Waals surface area contributed by atoms with Gasteiger partial charge in [-0.05, 0) is 31.2 Å². The van der Waals surface area contributed by atoms with Crippen LogP contribution >= 0.6 is 0 Å². The summed E-state index contributed by atoms with van der Waals surface area (Å²) in [6.45, 7) is 5.30. The van der Waals surface area contributed by atoms with Gasteiger partial charge in [0.15, 0.2) is 17.3 Å². The molecule has 0 aromatic rings. The van der Waals surface area contributed by atoms with Gasteiger partial charge in [-0.2, -0.15) is 0 Å². The molecule has 2 aliphatic rings. The van der Waals surface area contributed by atoms with E-state index in [2.05, 4.69) is 6.58 Å². The van der Waals surface area contributed by atoms with Gasteiger partial charge < -0.3 is 24.7 Å². The van der Waals surface area contributed by atoms with Crippen LogP contribution in [0.3, 0.4) is 0 Å². The molecule has 1 saturated heterocycles. The van der Waals surface area contributed by atoms with E-state index in [1.165, 1.54) is 6.20 Å². The summed E-state index contributed by atoms with van der Waals surface area (Å²) in [5, 5.41) is 0. The minimum absolute atomic E-state index is 0.126. The van der Waals surface area contributed by atoms with Crippen molar-refractivity contribution in [2.24, 2.45) is 5.73 Å². The van der Waals surface area contributed by atoms with Crippen molar-refractivity contribution in [1.29, 1.82) is 0 Å². The average molecular weight is 281 g/mol. The van der Waals surface area contributed by atoms with Crippen LogP contribution in [0.4, 0.5) is 0 Å². The highest BCUT2D eigenvalue weighted by Gasteiger charge is 2.41. The van der Waals surface area contributed by atoms with Crippen molar-refractivity contribution in [3.05, 3.63) is 36.4 Å². The molecule has 0 unspecified atom stereocenters. The van der Waals surface area contributed by atoms with E-state index in [0.29, 0.717) is 24.7 Å². The van der Waals surface area contributed by atoms with Gasteiger partial charge in [0.05, 0.1) is 26.4 Å². The van der Waals surface area contributed by atoms with E-state index < -0.39 is 0 Å². The number of rotatable bonds is 5. The molecule has 0 radical (unpaired) electrons. The summed E-state index contributed by atoms with van der Waals surface area (Å²) >= 11 is 0. The molecule has 20 heavy (non-hydrogen) atoms. The Kier molecular flexibility index (Phi) is 5.09. The molecule has 0 aromatic heterocycles. The number of hydrogen-bond donors (Lipinski definition) is 1. The maximum Gasteiger partial charge on any atom is 0.168 e. The lowest BCUT2D eigenvalue weighted by molar-refractivity contribution is -0.189. The molecule has 2 fully saturated rings. The van der Waals surface area contributed by atoms with E-state index in [4.69, 9.17) is 24.7 Å². The SMILES string of the molecule is C=C(OC1CCC2(CC1)OCCO2)/C(=C\C=C/N)OC. The summed E-state index contributed by atoms with van der Waals surface area (Å²) in [5.74, 6) is 0.754. The Bertz CT molecular complexity index is 387. The van der Waals surface area contributed by atoms with Crippen molar-refractivity contribution in [3.63, 3.8) is 0 Å². The van der Waals surface area contributed by atoms with Crippen molar-refractivity contribution in [3.8, 4) is 0 Å². The molecule has 1 spiro atoms. The number of hydrogen-bond acceptors (Lipinski definition) is 5. The van der Waals surface area contributed by atoms with Gasteiger partial charge in [-0.25, -0.2) is 0 Å². The molecule has 5 nitrogen and oxygen atoms in total. The Balaban J connectivity index is 1.84. The monoisotopic (exact) mass is 281 g/mol. The van der Waals surface area contributed by atoms with Crippen molar-refractivity contribution >= 4 is 0 Å². The van der Waals surface area contributed by atoms with Crippen LogP contribution in [0.25, 0.3) is 0 Å². The van der Waals surface area contributed by atoms with Crippen molar-refractivity contribution in [2.75, 3.05) is 20.3 Å². The smallest absolute Gasteiger partial charge is 0.168 e. The molecule has 1 aliphatic heterocycles. The molecule has 1 heterocycles. The predicted molar refractivity (Wildman–Crippen MR) is 75.5 cm³/mol. The van der Waals surface area contributed by atoms with E-state index in [1.54, 1.807) is 19.3 Å². The second-order valence-corrected chi connectivity index (χ2v) is 4.97. The summed E-state index contributed by atoms with van der Waals surface area (Å²) in [6, 6.07) is 0. The molecule has 0 atom stereocenters. The summed E-state index contributed by atoms with van der Waals surface area (Å²) in [5.41, 5.74) is 5.30. The van der Waals surface area contributed by atoms with Gasteiger partial charge in [-0.3, -0.25) is 0 Å². The summed E-state index contributed by atoms with van der Waals surface area (Å²) < 4.78 is 22.5. The van der Waals surface area contributed by atoms with E-state index in [0.717, 1.165) is 25.7 Å². The maximum atomic E-state index is 5.87. The largest absolute Gasteiger partial charge is 0.493 e. The van der Waals surface area contributed by atoms with E-state index >= 15 is 0 Å². The second kappa shape index (κ2) is 6.81. The van der Waals surface area contributed by atoms with Gasteiger partial charge in [0.1, 0.15) is 0 Å². The minimum Gasteiger partial charge on any atom is -0.493 e. The highest BCUT2D eigenvalue weighted by molar-refractivity contribution is 5.22. The molecule has 112 valence electrons. The van der Waals surface area contributed by atoms with Crippen molar-refractivity contribution in [2.45, 2.75) is 37.6 Å². The lowest BCUT2D eigenvalue weighted by Crippen LogP contribution is -2.37. The van der Waals surface area contributed by atoms with Gasteiger partial charge in [0, 0.05) is 12.8 Å². The third-order valence-corrected chi connectivity index (χ3v) is 3.67. The van der Waals surface area contributed by atoms with Crippen LogP contribution in [0.2, 0.25) is 0 Å². The fourth-order valence-corrected chi connectivity index (χ4v) is 2.61. The first-order chi connectivity index (χ1) is 9.69. The molecule has 0 aromatic carbocycles. The second-order valence-electron chi connectivity index (χ2n) is 4.97. The van der Waals surface area contributed by atoms with Crippen LogP contribution in [-0.4, -0.2) is 32.2 Å². The Labute approximate surface area is 120 Å². The first-order valence-corrected chi connectivity index (χ1v) is 6.95. The van der Waals surface area contributed by atoms with Crippen LogP contribution in [0.1, 0.15) is 25.7 Å². The van der Waals surface area contributed by atoms with E-state index in [9.17, 15) is 0 Å². The van der Waals surface area contributed by atoms with Gasteiger partial charge in [0.2, 0.25) is 0 Å². The van der Waals surface area contributed by atoms with Gasteiger partial charge in [-0.1, -0.05) is 6.58 Å². The van der Waals surface area contributed by atoms with Crippen LogP contribution in [-0.2, 0) is 18.9 Å². The average Bonchev–Trinajstić information content (AvgIpc) is 2.91. The fraction of sp³-hybridized carbons (Fsp3) is 0.600. The zero-order valence-electron chi connectivity index (χ0n) is 12.0. The number of ether oxygens (including phenoxy) is 4. The quantitative estimate of drug-likeness (QED) is 0.618. The molecule has 2 rings (SSSR count). The first kappa shape index (κ1) is 14.9. The Morgan fingerprint density at radius 2 is 1.95 bits per heavy atom. The molecular formula is C15H23NO4. The van der Waals surface area contributed by atoms with Crippen molar-refractivity contribution < 1.29 is 18.9 Å². The highest BCUT2D eigenvalue weighted by Crippen LogP contribution is 2.37. The summed E-state index contributed by atoms with van der Waals surface area (Å²) in [7, 11) is 1.58.